The van der Waals surface area contributed by atoms with Crippen molar-refractivity contribution in [1.82, 2.24) is 9.55 Å². The number of imidazole rings is 1. The van der Waals surface area contributed by atoms with Crippen LogP contribution < -0.4 is 14.8 Å². The standard InChI is InChI=1S/C21H23N3O3S/c1-14-5-10-19(27-4)18(13-14)23-20(25)15(2)28-21-22-11-12-24(21)16-6-8-17(26-3)9-7-16/h5-13,15H,1-4H3,(H,23,25). The van der Waals surface area contributed by atoms with E-state index in [2.05, 4.69) is 10.3 Å². The van der Waals surface area contributed by atoms with Gasteiger partial charge < -0.3 is 14.8 Å². The molecule has 146 valence electrons. The van der Waals surface area contributed by atoms with E-state index < -0.39 is 0 Å². The van der Waals surface area contributed by atoms with Gasteiger partial charge in [-0.05, 0) is 55.8 Å². The SMILES string of the molecule is COc1ccc(-n2ccnc2SC(C)C(=O)Nc2cc(C)ccc2OC)cc1. The van der Waals surface area contributed by atoms with Crippen LogP contribution in [-0.2, 0) is 4.79 Å². The van der Waals surface area contributed by atoms with Crippen molar-refractivity contribution in [2.75, 3.05) is 19.5 Å². The molecule has 0 aliphatic rings. The molecule has 1 amide bonds. The number of methoxy groups -OCH3 is 2. The number of thioether (sulfide) groups is 1. The summed E-state index contributed by atoms with van der Waals surface area (Å²) in [5.41, 5.74) is 2.67. The average molecular weight is 398 g/mol. The number of benzene rings is 2. The summed E-state index contributed by atoms with van der Waals surface area (Å²) in [5.74, 6) is 1.31. The molecule has 2 aromatic carbocycles. The van der Waals surface area contributed by atoms with Crippen LogP contribution in [0.4, 0.5) is 5.69 Å². The lowest BCUT2D eigenvalue weighted by molar-refractivity contribution is -0.115. The number of carbonyl (C=O) groups is 1. The van der Waals surface area contributed by atoms with Gasteiger partial charge in [0, 0.05) is 18.1 Å². The fourth-order valence-electron chi connectivity index (χ4n) is 2.68. The Balaban J connectivity index is 1.73. The quantitative estimate of drug-likeness (QED) is 0.602. The van der Waals surface area contributed by atoms with Gasteiger partial charge in [0.05, 0.1) is 25.2 Å². The minimum atomic E-state index is -0.343. The van der Waals surface area contributed by atoms with Crippen molar-refractivity contribution in [2.45, 2.75) is 24.3 Å². The molecule has 3 aromatic rings. The van der Waals surface area contributed by atoms with Crippen molar-refractivity contribution in [3.63, 3.8) is 0 Å². The third-order valence-electron chi connectivity index (χ3n) is 4.22. The molecule has 6 nitrogen and oxygen atoms in total. The first kappa shape index (κ1) is 19.8. The number of rotatable bonds is 7. The number of aryl methyl sites for hydroxylation is 1. The summed E-state index contributed by atoms with van der Waals surface area (Å²) in [6.07, 6.45) is 3.60. The molecule has 1 unspecified atom stereocenters. The topological polar surface area (TPSA) is 65.4 Å². The number of nitrogens with one attached hydrogen (secondary N) is 1. The van der Waals surface area contributed by atoms with Crippen molar-refractivity contribution < 1.29 is 14.3 Å². The molecule has 7 heteroatoms. The largest absolute Gasteiger partial charge is 0.497 e. The lowest BCUT2D eigenvalue weighted by Crippen LogP contribution is -2.23. The molecule has 1 heterocycles. The summed E-state index contributed by atoms with van der Waals surface area (Å²) in [4.78, 5) is 17.1. The normalized spacial score (nSPS) is 11.7. The molecule has 0 spiro atoms. The number of aromatic nitrogens is 2. The molecule has 0 aliphatic heterocycles. The molecule has 3 rings (SSSR count). The second-order valence-electron chi connectivity index (χ2n) is 6.23. The zero-order valence-electron chi connectivity index (χ0n) is 16.3. The molecule has 0 fully saturated rings. The maximum absolute atomic E-state index is 12.7. The second-order valence-corrected chi connectivity index (χ2v) is 7.54. The first-order valence-electron chi connectivity index (χ1n) is 8.81. The van der Waals surface area contributed by atoms with E-state index >= 15 is 0 Å². The monoisotopic (exact) mass is 397 g/mol. The minimum absolute atomic E-state index is 0.113. The summed E-state index contributed by atoms with van der Waals surface area (Å²) in [5, 5.41) is 3.35. The Bertz CT molecular complexity index is 954. The van der Waals surface area contributed by atoms with Crippen LogP contribution in [0.5, 0.6) is 11.5 Å². The molecule has 0 saturated heterocycles. The Kier molecular flexibility index (Phi) is 6.26. The predicted molar refractivity (Wildman–Crippen MR) is 112 cm³/mol. The van der Waals surface area contributed by atoms with E-state index in [9.17, 15) is 4.79 Å². The van der Waals surface area contributed by atoms with Crippen LogP contribution in [0.25, 0.3) is 5.69 Å². The highest BCUT2D eigenvalue weighted by Gasteiger charge is 2.19. The van der Waals surface area contributed by atoms with Crippen LogP contribution in [0, 0.1) is 6.92 Å². The van der Waals surface area contributed by atoms with Gasteiger partial charge in [-0.25, -0.2) is 4.98 Å². The highest BCUT2D eigenvalue weighted by atomic mass is 32.2. The Morgan fingerprint density at radius 2 is 1.89 bits per heavy atom. The first-order valence-corrected chi connectivity index (χ1v) is 9.69. The van der Waals surface area contributed by atoms with Gasteiger partial charge >= 0.3 is 0 Å². The molecule has 0 radical (unpaired) electrons. The highest BCUT2D eigenvalue weighted by Crippen LogP contribution is 2.29. The lowest BCUT2D eigenvalue weighted by atomic mass is 10.2. The molecule has 1 aromatic heterocycles. The molecule has 0 saturated carbocycles. The maximum Gasteiger partial charge on any atom is 0.237 e. The summed E-state index contributed by atoms with van der Waals surface area (Å²) < 4.78 is 12.5. The van der Waals surface area contributed by atoms with Crippen LogP contribution >= 0.6 is 11.8 Å². The van der Waals surface area contributed by atoms with Gasteiger partial charge in [-0.1, -0.05) is 17.8 Å². The molecular weight excluding hydrogens is 374 g/mol. The summed E-state index contributed by atoms with van der Waals surface area (Å²) in [7, 11) is 3.22. The summed E-state index contributed by atoms with van der Waals surface area (Å²) >= 11 is 1.39. The van der Waals surface area contributed by atoms with E-state index in [0.29, 0.717) is 11.4 Å². The van der Waals surface area contributed by atoms with Crippen molar-refractivity contribution in [3.8, 4) is 17.2 Å². The first-order chi connectivity index (χ1) is 13.5. The highest BCUT2D eigenvalue weighted by molar-refractivity contribution is 8.00. The molecule has 0 bridgehead atoms. The van der Waals surface area contributed by atoms with E-state index in [1.165, 1.54) is 11.8 Å². The predicted octanol–water partition coefficient (Wildman–Crippen LogP) is 4.32. The van der Waals surface area contributed by atoms with Crippen LogP contribution in [0.1, 0.15) is 12.5 Å². The van der Waals surface area contributed by atoms with Gasteiger partial charge in [0.2, 0.25) is 5.91 Å². The van der Waals surface area contributed by atoms with Crippen molar-refractivity contribution >= 4 is 23.4 Å². The summed E-state index contributed by atoms with van der Waals surface area (Å²) in [6, 6.07) is 13.4. The van der Waals surface area contributed by atoms with Crippen molar-refractivity contribution in [2.24, 2.45) is 0 Å². The molecule has 28 heavy (non-hydrogen) atoms. The van der Waals surface area contributed by atoms with Crippen LogP contribution in [0.3, 0.4) is 0 Å². The number of hydrogen-bond acceptors (Lipinski definition) is 5. The van der Waals surface area contributed by atoms with Gasteiger partial charge in [-0.3, -0.25) is 9.36 Å². The number of anilines is 1. The molecular formula is C21H23N3O3S. The smallest absolute Gasteiger partial charge is 0.237 e. The van der Waals surface area contributed by atoms with Gasteiger partial charge in [-0.15, -0.1) is 0 Å². The number of hydrogen-bond donors (Lipinski definition) is 1. The number of ether oxygens (including phenoxy) is 2. The van der Waals surface area contributed by atoms with Crippen molar-refractivity contribution in [3.05, 3.63) is 60.4 Å². The zero-order chi connectivity index (χ0) is 20.1. The van der Waals surface area contributed by atoms with Gasteiger partial charge in [-0.2, -0.15) is 0 Å². The van der Waals surface area contributed by atoms with Gasteiger partial charge in [0.15, 0.2) is 5.16 Å². The number of amides is 1. The molecule has 1 atom stereocenters. The van der Waals surface area contributed by atoms with Crippen molar-refractivity contribution in [1.29, 1.82) is 0 Å². The Morgan fingerprint density at radius 1 is 1.14 bits per heavy atom. The Hall–Kier alpha value is -2.93. The molecule has 1 N–H and O–H groups in total. The van der Waals surface area contributed by atoms with Crippen LogP contribution in [0.15, 0.2) is 60.0 Å². The fraction of sp³-hybridized carbons (Fsp3) is 0.238. The number of carbonyl (C=O) groups excluding carboxylic acids is 1. The Morgan fingerprint density at radius 3 is 2.57 bits per heavy atom. The maximum atomic E-state index is 12.7. The van der Waals surface area contributed by atoms with E-state index in [-0.39, 0.29) is 11.2 Å². The van der Waals surface area contributed by atoms with E-state index in [1.54, 1.807) is 20.4 Å². The lowest BCUT2D eigenvalue weighted by Gasteiger charge is -2.15. The number of nitrogens with zero attached hydrogens (tertiary/aromatic N) is 2. The third-order valence-corrected chi connectivity index (χ3v) is 5.30. The fourth-order valence-corrected chi connectivity index (χ4v) is 3.57. The van der Waals surface area contributed by atoms with Crippen LogP contribution in [0.2, 0.25) is 0 Å². The van der Waals surface area contributed by atoms with E-state index in [0.717, 1.165) is 22.2 Å². The minimum Gasteiger partial charge on any atom is -0.497 e. The average Bonchev–Trinajstić information content (AvgIpc) is 3.16. The molecule has 0 aliphatic carbocycles. The third kappa shape index (κ3) is 4.48. The van der Waals surface area contributed by atoms with Gasteiger partial charge in [0.25, 0.3) is 0 Å². The van der Waals surface area contributed by atoms with E-state index in [1.807, 2.05) is 67.1 Å². The second kappa shape index (κ2) is 8.84. The Labute approximate surface area is 168 Å². The van der Waals surface area contributed by atoms with E-state index in [4.69, 9.17) is 9.47 Å². The summed E-state index contributed by atoms with van der Waals surface area (Å²) in [6.45, 7) is 3.83. The zero-order valence-corrected chi connectivity index (χ0v) is 17.1. The van der Waals surface area contributed by atoms with Gasteiger partial charge in [0.1, 0.15) is 11.5 Å². The van der Waals surface area contributed by atoms with Crippen LogP contribution in [-0.4, -0.2) is 34.9 Å².